The molecule has 0 aliphatic rings. The summed E-state index contributed by atoms with van der Waals surface area (Å²) in [5.41, 5.74) is 1.16. The Labute approximate surface area is 103 Å². The van der Waals surface area contributed by atoms with E-state index in [1.54, 1.807) is 6.26 Å². The van der Waals surface area contributed by atoms with E-state index < -0.39 is 0 Å². The Kier molecular flexibility index (Phi) is 6.93. The summed E-state index contributed by atoms with van der Waals surface area (Å²) in [4.78, 5) is 0. The van der Waals surface area contributed by atoms with Crippen molar-refractivity contribution in [3.05, 3.63) is 23.7 Å². The highest BCUT2D eigenvalue weighted by molar-refractivity contribution is 5.15. The molecule has 0 aliphatic heterocycles. The summed E-state index contributed by atoms with van der Waals surface area (Å²) in [6.07, 6.45) is 1.96. The second-order valence-corrected chi connectivity index (χ2v) is 4.12. The van der Waals surface area contributed by atoms with Gasteiger partial charge in [0.05, 0.1) is 25.6 Å². The fraction of sp³-hybridized carbons (Fsp3) is 0.692. The molecule has 98 valence electrons. The topological polar surface area (TPSA) is 43.6 Å². The second kappa shape index (κ2) is 8.28. The number of hydrogen-bond acceptors (Lipinski definition) is 4. The molecular formula is C13H23NO3. The molecule has 0 saturated heterocycles. The number of rotatable bonds is 9. The normalized spacial score (nSPS) is 11.3. The molecule has 1 heterocycles. The molecule has 0 bridgehead atoms. The number of furan rings is 1. The molecule has 1 aromatic heterocycles. The van der Waals surface area contributed by atoms with Crippen molar-refractivity contribution < 1.29 is 13.9 Å². The summed E-state index contributed by atoms with van der Waals surface area (Å²) in [5, 5.41) is 3.27. The van der Waals surface area contributed by atoms with Crippen LogP contribution < -0.4 is 5.32 Å². The van der Waals surface area contributed by atoms with E-state index in [0.29, 0.717) is 19.8 Å². The zero-order valence-electron chi connectivity index (χ0n) is 11.0. The molecule has 4 nitrogen and oxygen atoms in total. The van der Waals surface area contributed by atoms with Crippen molar-refractivity contribution in [1.29, 1.82) is 0 Å². The molecule has 1 aromatic rings. The fourth-order valence-corrected chi connectivity index (χ4v) is 1.42. The van der Waals surface area contributed by atoms with Gasteiger partial charge in [0.2, 0.25) is 0 Å². The van der Waals surface area contributed by atoms with Crippen LogP contribution in [0.15, 0.2) is 16.7 Å². The summed E-state index contributed by atoms with van der Waals surface area (Å²) in [6, 6.07) is 1.98. The van der Waals surface area contributed by atoms with Gasteiger partial charge in [-0.1, -0.05) is 6.92 Å². The zero-order chi connectivity index (χ0) is 12.5. The van der Waals surface area contributed by atoms with Crippen molar-refractivity contribution in [3.63, 3.8) is 0 Å². The standard InChI is InChI=1S/C13H23NO3/c1-4-14-9-12-5-6-17-13(12)10-15-7-8-16-11(2)3/h5-6,11,14H,4,7-10H2,1-3H3. The van der Waals surface area contributed by atoms with Crippen LogP contribution in [0.5, 0.6) is 0 Å². The maximum Gasteiger partial charge on any atom is 0.133 e. The molecule has 17 heavy (non-hydrogen) atoms. The average Bonchev–Trinajstić information content (AvgIpc) is 2.73. The molecular weight excluding hydrogens is 218 g/mol. The van der Waals surface area contributed by atoms with Crippen molar-refractivity contribution in [1.82, 2.24) is 5.32 Å². The van der Waals surface area contributed by atoms with Gasteiger partial charge in [-0.05, 0) is 26.5 Å². The first kappa shape index (κ1) is 14.2. The Balaban J connectivity index is 2.19. The molecule has 0 fully saturated rings. The van der Waals surface area contributed by atoms with E-state index >= 15 is 0 Å². The highest BCUT2D eigenvalue weighted by Gasteiger charge is 2.05. The Bertz CT molecular complexity index is 297. The molecule has 0 saturated carbocycles. The molecule has 0 amide bonds. The minimum absolute atomic E-state index is 0.256. The summed E-state index contributed by atoms with van der Waals surface area (Å²) < 4.78 is 16.3. The van der Waals surface area contributed by atoms with E-state index in [1.807, 2.05) is 19.9 Å². The maximum atomic E-state index is 5.50. The van der Waals surface area contributed by atoms with Crippen molar-refractivity contribution in [2.24, 2.45) is 0 Å². The molecule has 0 aliphatic carbocycles. The molecule has 0 radical (unpaired) electrons. The van der Waals surface area contributed by atoms with Gasteiger partial charge in [0.1, 0.15) is 12.4 Å². The highest BCUT2D eigenvalue weighted by Crippen LogP contribution is 2.11. The van der Waals surface area contributed by atoms with E-state index in [4.69, 9.17) is 13.9 Å². The van der Waals surface area contributed by atoms with Gasteiger partial charge in [-0.3, -0.25) is 0 Å². The monoisotopic (exact) mass is 241 g/mol. The number of ether oxygens (including phenoxy) is 2. The smallest absolute Gasteiger partial charge is 0.133 e. The third-order valence-electron chi connectivity index (χ3n) is 2.32. The molecule has 0 spiro atoms. The lowest BCUT2D eigenvalue weighted by Crippen LogP contribution is -2.13. The van der Waals surface area contributed by atoms with Crippen LogP contribution in [0.1, 0.15) is 32.1 Å². The summed E-state index contributed by atoms with van der Waals surface area (Å²) in [7, 11) is 0. The van der Waals surface area contributed by atoms with Crippen LogP contribution >= 0.6 is 0 Å². The minimum atomic E-state index is 0.256. The van der Waals surface area contributed by atoms with Crippen molar-refractivity contribution in [3.8, 4) is 0 Å². The van der Waals surface area contributed by atoms with Crippen molar-refractivity contribution in [2.45, 2.75) is 40.0 Å². The average molecular weight is 241 g/mol. The second-order valence-electron chi connectivity index (χ2n) is 4.12. The lowest BCUT2D eigenvalue weighted by molar-refractivity contribution is 0.0101. The lowest BCUT2D eigenvalue weighted by Gasteiger charge is -2.08. The van der Waals surface area contributed by atoms with E-state index in [2.05, 4.69) is 12.2 Å². The number of nitrogens with one attached hydrogen (secondary N) is 1. The molecule has 0 atom stereocenters. The SMILES string of the molecule is CCNCc1ccoc1COCCOC(C)C. The van der Waals surface area contributed by atoms with Crippen LogP contribution in [0.25, 0.3) is 0 Å². The van der Waals surface area contributed by atoms with Gasteiger partial charge in [-0.15, -0.1) is 0 Å². The molecule has 0 unspecified atom stereocenters. The molecule has 1 rings (SSSR count). The van der Waals surface area contributed by atoms with Crippen LogP contribution in [0, 0.1) is 0 Å². The quantitative estimate of drug-likeness (QED) is 0.674. The molecule has 0 aromatic carbocycles. The van der Waals surface area contributed by atoms with Crippen LogP contribution in [0.2, 0.25) is 0 Å². The van der Waals surface area contributed by atoms with Crippen LogP contribution in [-0.2, 0) is 22.6 Å². The first-order valence-corrected chi connectivity index (χ1v) is 6.19. The third-order valence-corrected chi connectivity index (χ3v) is 2.32. The first-order valence-electron chi connectivity index (χ1n) is 6.19. The van der Waals surface area contributed by atoms with Gasteiger partial charge in [0.25, 0.3) is 0 Å². The first-order chi connectivity index (χ1) is 8.24. The van der Waals surface area contributed by atoms with E-state index in [0.717, 1.165) is 24.4 Å². The predicted octanol–water partition coefficient (Wildman–Crippen LogP) is 2.33. The van der Waals surface area contributed by atoms with Crippen molar-refractivity contribution in [2.75, 3.05) is 19.8 Å². The Morgan fingerprint density at radius 3 is 2.88 bits per heavy atom. The third kappa shape index (κ3) is 5.86. The molecule has 1 N–H and O–H groups in total. The van der Waals surface area contributed by atoms with Crippen LogP contribution in [-0.4, -0.2) is 25.9 Å². The van der Waals surface area contributed by atoms with Gasteiger partial charge >= 0.3 is 0 Å². The Morgan fingerprint density at radius 2 is 2.18 bits per heavy atom. The van der Waals surface area contributed by atoms with E-state index in [1.165, 1.54) is 0 Å². The number of hydrogen-bond donors (Lipinski definition) is 1. The highest BCUT2D eigenvalue weighted by atomic mass is 16.5. The van der Waals surface area contributed by atoms with Crippen molar-refractivity contribution >= 4 is 0 Å². The van der Waals surface area contributed by atoms with E-state index in [9.17, 15) is 0 Å². The van der Waals surface area contributed by atoms with Gasteiger partial charge in [0.15, 0.2) is 0 Å². The summed E-state index contributed by atoms with van der Waals surface area (Å²) in [6.45, 7) is 9.62. The van der Waals surface area contributed by atoms with E-state index in [-0.39, 0.29) is 6.10 Å². The van der Waals surface area contributed by atoms with Crippen LogP contribution in [0.4, 0.5) is 0 Å². The Hall–Kier alpha value is -0.840. The van der Waals surface area contributed by atoms with Gasteiger partial charge in [0, 0.05) is 12.1 Å². The summed E-state index contributed by atoms with van der Waals surface area (Å²) >= 11 is 0. The maximum absolute atomic E-state index is 5.50. The van der Waals surface area contributed by atoms with Gasteiger partial charge < -0.3 is 19.2 Å². The van der Waals surface area contributed by atoms with Crippen LogP contribution in [0.3, 0.4) is 0 Å². The minimum Gasteiger partial charge on any atom is -0.467 e. The van der Waals surface area contributed by atoms with Gasteiger partial charge in [-0.2, -0.15) is 0 Å². The largest absolute Gasteiger partial charge is 0.467 e. The van der Waals surface area contributed by atoms with Gasteiger partial charge in [-0.25, -0.2) is 0 Å². The zero-order valence-corrected chi connectivity index (χ0v) is 11.0. The summed E-state index contributed by atoms with van der Waals surface area (Å²) in [5.74, 6) is 0.899. The predicted molar refractivity (Wildman–Crippen MR) is 66.8 cm³/mol. The Morgan fingerprint density at radius 1 is 1.35 bits per heavy atom. The lowest BCUT2D eigenvalue weighted by atomic mass is 10.2. The molecule has 4 heteroatoms. The fourth-order valence-electron chi connectivity index (χ4n) is 1.42.